The van der Waals surface area contributed by atoms with Crippen molar-refractivity contribution in [3.8, 4) is 0 Å². The number of carbonyl (C=O) groups is 2. The summed E-state index contributed by atoms with van der Waals surface area (Å²) in [7, 11) is 1.24. The van der Waals surface area contributed by atoms with Crippen LogP contribution in [0.2, 0.25) is 0 Å². The number of esters is 1. The van der Waals surface area contributed by atoms with Gasteiger partial charge in [0.2, 0.25) is 0 Å². The number of halogens is 1. The standard InChI is InChI=1S/C13H16FNO4/c1-8(3-6-12(16)17)15-11-7-9(13(18)19-2)4-5-10(11)14/h4-5,7-8,15H,3,6H2,1-2H3,(H,16,17). The van der Waals surface area contributed by atoms with Gasteiger partial charge in [-0.15, -0.1) is 0 Å². The maximum atomic E-state index is 13.6. The van der Waals surface area contributed by atoms with Crippen LogP contribution in [0.1, 0.15) is 30.1 Å². The monoisotopic (exact) mass is 269 g/mol. The Balaban J connectivity index is 2.76. The first-order valence-corrected chi connectivity index (χ1v) is 5.80. The summed E-state index contributed by atoms with van der Waals surface area (Å²) in [5, 5.41) is 11.4. The minimum Gasteiger partial charge on any atom is -0.481 e. The third-order valence-corrected chi connectivity index (χ3v) is 2.58. The topological polar surface area (TPSA) is 75.6 Å². The van der Waals surface area contributed by atoms with Crippen LogP contribution in [-0.4, -0.2) is 30.2 Å². The summed E-state index contributed by atoms with van der Waals surface area (Å²) < 4.78 is 18.1. The Hall–Kier alpha value is -2.11. The third kappa shape index (κ3) is 4.57. The van der Waals surface area contributed by atoms with Crippen LogP contribution in [0.4, 0.5) is 10.1 Å². The first kappa shape index (κ1) is 14.9. The number of hydrogen-bond acceptors (Lipinski definition) is 4. The zero-order chi connectivity index (χ0) is 14.4. The van der Waals surface area contributed by atoms with E-state index in [9.17, 15) is 14.0 Å². The molecule has 0 aliphatic heterocycles. The molecule has 0 aromatic heterocycles. The van der Waals surface area contributed by atoms with Gasteiger partial charge in [-0.3, -0.25) is 4.79 Å². The molecule has 1 aromatic rings. The van der Waals surface area contributed by atoms with Gasteiger partial charge in [0, 0.05) is 12.5 Å². The van der Waals surface area contributed by atoms with Crippen molar-refractivity contribution in [1.29, 1.82) is 0 Å². The summed E-state index contributed by atoms with van der Waals surface area (Å²) in [6.45, 7) is 1.74. The summed E-state index contributed by atoms with van der Waals surface area (Å²) >= 11 is 0. The Morgan fingerprint density at radius 3 is 2.74 bits per heavy atom. The molecular formula is C13H16FNO4. The van der Waals surface area contributed by atoms with E-state index in [1.165, 1.54) is 25.3 Å². The number of benzene rings is 1. The van der Waals surface area contributed by atoms with Crippen LogP contribution < -0.4 is 5.32 Å². The smallest absolute Gasteiger partial charge is 0.337 e. The Labute approximate surface area is 110 Å². The Morgan fingerprint density at radius 1 is 1.47 bits per heavy atom. The van der Waals surface area contributed by atoms with Gasteiger partial charge in [-0.1, -0.05) is 0 Å². The second-order valence-corrected chi connectivity index (χ2v) is 4.16. The molecular weight excluding hydrogens is 253 g/mol. The van der Waals surface area contributed by atoms with Gasteiger partial charge in [-0.05, 0) is 31.5 Å². The molecule has 1 aromatic carbocycles. The molecule has 0 saturated carbocycles. The molecule has 6 heteroatoms. The van der Waals surface area contributed by atoms with Crippen molar-refractivity contribution in [2.24, 2.45) is 0 Å². The van der Waals surface area contributed by atoms with E-state index in [1.807, 2.05) is 0 Å². The van der Waals surface area contributed by atoms with Crippen molar-refractivity contribution in [3.63, 3.8) is 0 Å². The van der Waals surface area contributed by atoms with Crippen LogP contribution in [0.25, 0.3) is 0 Å². The number of carboxylic acid groups (broad SMARTS) is 1. The van der Waals surface area contributed by atoms with E-state index in [4.69, 9.17) is 5.11 Å². The Bertz CT molecular complexity index is 476. The van der Waals surface area contributed by atoms with Crippen LogP contribution in [0.3, 0.4) is 0 Å². The van der Waals surface area contributed by atoms with Crippen LogP contribution in [0.15, 0.2) is 18.2 Å². The van der Waals surface area contributed by atoms with E-state index in [0.29, 0.717) is 6.42 Å². The molecule has 0 saturated heterocycles. The second-order valence-electron chi connectivity index (χ2n) is 4.16. The number of rotatable bonds is 6. The van der Waals surface area contributed by atoms with Crippen molar-refractivity contribution in [2.45, 2.75) is 25.8 Å². The lowest BCUT2D eigenvalue weighted by Crippen LogP contribution is -2.18. The molecule has 0 heterocycles. The fourth-order valence-corrected chi connectivity index (χ4v) is 1.56. The molecule has 1 atom stereocenters. The summed E-state index contributed by atoms with van der Waals surface area (Å²) in [6, 6.07) is 3.61. The van der Waals surface area contributed by atoms with Crippen molar-refractivity contribution < 1.29 is 23.8 Å². The fraction of sp³-hybridized carbons (Fsp3) is 0.385. The highest BCUT2D eigenvalue weighted by Crippen LogP contribution is 2.18. The minimum absolute atomic E-state index is 0.00746. The number of methoxy groups -OCH3 is 1. The molecule has 5 nitrogen and oxygen atoms in total. The van der Waals surface area contributed by atoms with Crippen molar-refractivity contribution in [1.82, 2.24) is 0 Å². The molecule has 0 aliphatic carbocycles. The maximum Gasteiger partial charge on any atom is 0.337 e. The molecule has 0 aliphatic rings. The minimum atomic E-state index is -0.905. The normalized spacial score (nSPS) is 11.7. The number of carbonyl (C=O) groups excluding carboxylic acids is 1. The van der Waals surface area contributed by atoms with E-state index < -0.39 is 17.8 Å². The number of hydrogen-bond donors (Lipinski definition) is 2. The average Bonchev–Trinajstić information content (AvgIpc) is 2.38. The van der Waals surface area contributed by atoms with Gasteiger partial charge in [-0.2, -0.15) is 0 Å². The third-order valence-electron chi connectivity index (χ3n) is 2.58. The predicted molar refractivity (Wildman–Crippen MR) is 67.7 cm³/mol. The number of anilines is 1. The molecule has 19 heavy (non-hydrogen) atoms. The molecule has 104 valence electrons. The molecule has 0 amide bonds. The number of nitrogens with one attached hydrogen (secondary N) is 1. The molecule has 0 radical (unpaired) electrons. The quantitative estimate of drug-likeness (QED) is 0.775. The van der Waals surface area contributed by atoms with Crippen LogP contribution in [0.5, 0.6) is 0 Å². The summed E-state index contributed by atoms with van der Waals surface area (Å²) in [5.41, 5.74) is 0.387. The molecule has 0 fully saturated rings. The summed E-state index contributed by atoms with van der Waals surface area (Å²) in [6.07, 6.45) is 0.351. The van der Waals surface area contributed by atoms with Crippen LogP contribution in [-0.2, 0) is 9.53 Å². The lowest BCUT2D eigenvalue weighted by molar-refractivity contribution is -0.137. The lowest BCUT2D eigenvalue weighted by atomic mass is 10.1. The predicted octanol–water partition coefficient (Wildman–Crippen LogP) is 2.28. The highest BCUT2D eigenvalue weighted by molar-refractivity contribution is 5.90. The fourth-order valence-electron chi connectivity index (χ4n) is 1.56. The summed E-state index contributed by atoms with van der Waals surface area (Å²) in [5.74, 6) is -1.96. The second kappa shape index (κ2) is 6.72. The van der Waals surface area contributed by atoms with Gasteiger partial charge in [0.1, 0.15) is 5.82 Å². The maximum absolute atomic E-state index is 13.6. The molecule has 1 unspecified atom stereocenters. The first-order chi connectivity index (χ1) is 8.93. The van der Waals surface area contributed by atoms with Gasteiger partial charge in [0.25, 0.3) is 0 Å². The Kier molecular flexibility index (Phi) is 5.29. The van der Waals surface area contributed by atoms with Crippen LogP contribution in [0, 0.1) is 5.82 Å². The number of carboxylic acids is 1. The van der Waals surface area contributed by atoms with E-state index in [1.54, 1.807) is 6.92 Å². The largest absolute Gasteiger partial charge is 0.481 e. The van der Waals surface area contributed by atoms with Crippen molar-refractivity contribution in [3.05, 3.63) is 29.6 Å². The zero-order valence-electron chi connectivity index (χ0n) is 10.8. The van der Waals surface area contributed by atoms with Crippen molar-refractivity contribution >= 4 is 17.6 Å². The van der Waals surface area contributed by atoms with E-state index in [2.05, 4.69) is 10.1 Å². The van der Waals surface area contributed by atoms with E-state index in [-0.39, 0.29) is 23.7 Å². The lowest BCUT2D eigenvalue weighted by Gasteiger charge is -2.15. The van der Waals surface area contributed by atoms with Gasteiger partial charge in [-0.25, -0.2) is 9.18 Å². The number of aliphatic carboxylic acids is 1. The Morgan fingerprint density at radius 2 is 2.16 bits per heavy atom. The van der Waals surface area contributed by atoms with E-state index in [0.717, 1.165) is 0 Å². The van der Waals surface area contributed by atoms with Crippen molar-refractivity contribution in [2.75, 3.05) is 12.4 Å². The highest BCUT2D eigenvalue weighted by atomic mass is 19.1. The molecule has 0 bridgehead atoms. The van der Waals surface area contributed by atoms with Gasteiger partial charge in [0.15, 0.2) is 0 Å². The average molecular weight is 269 g/mol. The molecule has 0 spiro atoms. The van der Waals surface area contributed by atoms with Crippen LogP contribution >= 0.6 is 0 Å². The summed E-state index contributed by atoms with van der Waals surface area (Å²) in [4.78, 5) is 21.8. The first-order valence-electron chi connectivity index (χ1n) is 5.80. The molecule has 2 N–H and O–H groups in total. The van der Waals surface area contributed by atoms with E-state index >= 15 is 0 Å². The number of ether oxygens (including phenoxy) is 1. The van der Waals surface area contributed by atoms with Gasteiger partial charge < -0.3 is 15.2 Å². The van der Waals surface area contributed by atoms with Gasteiger partial charge in [0.05, 0.1) is 18.4 Å². The van der Waals surface area contributed by atoms with Gasteiger partial charge >= 0.3 is 11.9 Å². The highest BCUT2D eigenvalue weighted by Gasteiger charge is 2.12. The molecule has 1 rings (SSSR count). The zero-order valence-corrected chi connectivity index (χ0v) is 10.8. The SMILES string of the molecule is COC(=O)c1ccc(F)c(NC(C)CCC(=O)O)c1.